The van der Waals surface area contributed by atoms with E-state index in [4.69, 9.17) is 15.2 Å². The topological polar surface area (TPSA) is 61.5 Å². The Kier molecular flexibility index (Phi) is 7.40. The molecule has 0 amide bonds. The normalized spacial score (nSPS) is 35.1. The van der Waals surface area contributed by atoms with Crippen molar-refractivity contribution in [2.45, 2.75) is 47.8 Å². The second-order valence-corrected chi connectivity index (χ2v) is 3.17. The summed E-state index contributed by atoms with van der Waals surface area (Å²) < 4.78 is 9.78. The predicted octanol–water partition coefficient (Wildman–Crippen LogP) is 2.41. The molecule has 2 fully saturated rings. The lowest BCUT2D eigenvalue weighted by Gasteiger charge is -2.41. The molecule has 0 radical (unpaired) electrons. The quantitative estimate of drug-likeness (QED) is 0.688. The van der Waals surface area contributed by atoms with Crippen molar-refractivity contribution in [3.05, 3.63) is 0 Å². The second-order valence-electron chi connectivity index (χ2n) is 3.17. The summed E-state index contributed by atoms with van der Waals surface area (Å²) in [5, 5.41) is 0. The number of rotatable bonds is 1. The molecule has 1 aliphatic heterocycles. The molecule has 1 saturated heterocycles. The van der Waals surface area contributed by atoms with Crippen LogP contribution in [0.1, 0.15) is 35.6 Å². The van der Waals surface area contributed by atoms with Crippen LogP contribution < -0.4 is 5.73 Å². The zero-order valence-electron chi connectivity index (χ0n) is 8.32. The van der Waals surface area contributed by atoms with E-state index in [1.54, 1.807) is 0 Å². The summed E-state index contributed by atoms with van der Waals surface area (Å²) in [6, 6.07) is 0. The SMILES string of the molecule is C.C.CC.CC1C(CN)C2OC(=O)OC12. The van der Waals surface area contributed by atoms with Crippen LogP contribution in [0.15, 0.2) is 0 Å². The molecule has 0 aromatic rings. The van der Waals surface area contributed by atoms with E-state index in [2.05, 4.69) is 0 Å². The number of nitrogens with two attached hydrogens (primary N) is 1. The van der Waals surface area contributed by atoms with Gasteiger partial charge in [-0.2, -0.15) is 0 Å². The number of ether oxygens (including phenoxy) is 2. The third kappa shape index (κ3) is 2.62. The molecule has 15 heavy (non-hydrogen) atoms. The van der Waals surface area contributed by atoms with Crippen LogP contribution in [0.4, 0.5) is 4.79 Å². The Bertz CT molecular complexity index is 196. The van der Waals surface area contributed by atoms with Gasteiger partial charge in [0.1, 0.15) is 12.2 Å². The van der Waals surface area contributed by atoms with Crippen LogP contribution in [0, 0.1) is 11.8 Å². The fraction of sp³-hybridized carbons (Fsp3) is 0.909. The third-order valence-corrected chi connectivity index (χ3v) is 2.68. The van der Waals surface area contributed by atoms with Crippen molar-refractivity contribution in [1.29, 1.82) is 0 Å². The van der Waals surface area contributed by atoms with Gasteiger partial charge in [-0.05, 0) is 6.54 Å². The molecule has 4 unspecified atom stereocenters. The van der Waals surface area contributed by atoms with Crippen LogP contribution in [0.5, 0.6) is 0 Å². The lowest BCUT2D eigenvalue weighted by atomic mass is 9.69. The van der Waals surface area contributed by atoms with Crippen LogP contribution in [0.3, 0.4) is 0 Å². The predicted molar refractivity (Wildman–Crippen MR) is 61.7 cm³/mol. The molecule has 2 N–H and O–H groups in total. The van der Waals surface area contributed by atoms with Crippen molar-refractivity contribution in [3.63, 3.8) is 0 Å². The maximum absolute atomic E-state index is 10.6. The van der Waals surface area contributed by atoms with Crippen LogP contribution in [-0.4, -0.2) is 24.9 Å². The smallest absolute Gasteiger partial charge is 0.427 e. The zero-order chi connectivity index (χ0) is 10.0. The summed E-state index contributed by atoms with van der Waals surface area (Å²) in [5.74, 6) is 0.655. The third-order valence-electron chi connectivity index (χ3n) is 2.68. The van der Waals surface area contributed by atoms with E-state index < -0.39 is 6.16 Å². The second kappa shape index (κ2) is 6.67. The molecule has 2 rings (SSSR count). The van der Waals surface area contributed by atoms with Gasteiger partial charge in [0.05, 0.1) is 0 Å². The van der Waals surface area contributed by atoms with Crippen LogP contribution >= 0.6 is 0 Å². The number of hydrogen-bond donors (Lipinski definition) is 1. The molecular formula is C11H25NO3. The van der Waals surface area contributed by atoms with E-state index in [0.717, 1.165) is 0 Å². The highest BCUT2D eigenvalue weighted by Gasteiger charge is 2.56. The molecule has 1 heterocycles. The summed E-state index contributed by atoms with van der Waals surface area (Å²) in [4.78, 5) is 10.6. The van der Waals surface area contributed by atoms with Crippen molar-refractivity contribution < 1.29 is 14.3 Å². The first-order valence-corrected chi connectivity index (χ1v) is 4.81. The number of fused-ring (bicyclic) bond motifs is 1. The summed E-state index contributed by atoms with van der Waals surface area (Å²) in [7, 11) is 0. The highest BCUT2D eigenvalue weighted by Crippen LogP contribution is 2.42. The van der Waals surface area contributed by atoms with Crippen molar-refractivity contribution in [2.24, 2.45) is 17.6 Å². The van der Waals surface area contributed by atoms with E-state index in [0.29, 0.717) is 18.4 Å². The highest BCUT2D eigenvalue weighted by molar-refractivity contribution is 5.63. The fourth-order valence-corrected chi connectivity index (χ4v) is 1.87. The molecule has 4 nitrogen and oxygen atoms in total. The highest BCUT2D eigenvalue weighted by atomic mass is 16.8. The van der Waals surface area contributed by atoms with Crippen molar-refractivity contribution in [1.82, 2.24) is 0 Å². The fourth-order valence-electron chi connectivity index (χ4n) is 1.87. The van der Waals surface area contributed by atoms with Gasteiger partial charge in [-0.15, -0.1) is 0 Å². The van der Waals surface area contributed by atoms with Crippen molar-refractivity contribution >= 4 is 6.16 Å². The van der Waals surface area contributed by atoms with Gasteiger partial charge >= 0.3 is 6.16 Å². The Morgan fingerprint density at radius 2 is 1.67 bits per heavy atom. The minimum absolute atomic E-state index is 0. The van der Waals surface area contributed by atoms with Gasteiger partial charge in [0, 0.05) is 11.8 Å². The van der Waals surface area contributed by atoms with Crippen LogP contribution in [0.25, 0.3) is 0 Å². The van der Waals surface area contributed by atoms with Crippen LogP contribution in [-0.2, 0) is 9.47 Å². The van der Waals surface area contributed by atoms with Gasteiger partial charge in [-0.25, -0.2) is 4.79 Å². The average Bonchev–Trinajstić information content (AvgIpc) is 2.49. The average molecular weight is 219 g/mol. The first-order valence-electron chi connectivity index (χ1n) is 4.81. The molecule has 2 aliphatic rings. The van der Waals surface area contributed by atoms with Gasteiger partial charge in [0.25, 0.3) is 0 Å². The molecule has 4 heteroatoms. The van der Waals surface area contributed by atoms with Crippen LogP contribution in [0.2, 0.25) is 0 Å². The number of carbonyl (C=O) groups excluding carboxylic acids is 1. The van der Waals surface area contributed by atoms with Crippen molar-refractivity contribution in [2.75, 3.05) is 6.54 Å². The molecule has 1 aliphatic carbocycles. The Morgan fingerprint density at radius 1 is 1.20 bits per heavy atom. The molecule has 1 saturated carbocycles. The van der Waals surface area contributed by atoms with Gasteiger partial charge in [0.15, 0.2) is 0 Å². The lowest BCUT2D eigenvalue weighted by Crippen LogP contribution is -2.55. The monoisotopic (exact) mass is 219 g/mol. The Labute approximate surface area is 93.1 Å². The Morgan fingerprint density at radius 3 is 2.13 bits per heavy atom. The lowest BCUT2D eigenvalue weighted by molar-refractivity contribution is -0.0593. The molecule has 0 bridgehead atoms. The number of carbonyl (C=O) groups is 1. The summed E-state index contributed by atoms with van der Waals surface area (Å²) in [6.45, 7) is 6.60. The minimum Gasteiger partial charge on any atom is -0.427 e. The van der Waals surface area contributed by atoms with Gasteiger partial charge in [-0.3, -0.25) is 0 Å². The van der Waals surface area contributed by atoms with E-state index in [1.165, 1.54) is 0 Å². The first kappa shape index (κ1) is 16.7. The summed E-state index contributed by atoms with van der Waals surface area (Å²) in [6.07, 6.45) is -0.638. The molecular weight excluding hydrogens is 194 g/mol. The standard InChI is InChI=1S/C7H11NO3.C2H6.2CH4/c1-3-4(2-8)6-5(3)10-7(9)11-6;1-2;;/h3-6H,2,8H2,1H3;1-2H3;2*1H4. The van der Waals surface area contributed by atoms with Gasteiger partial charge in [-0.1, -0.05) is 35.6 Å². The first-order chi connectivity index (χ1) is 6.24. The summed E-state index contributed by atoms with van der Waals surface area (Å²) >= 11 is 0. The molecule has 4 atom stereocenters. The molecule has 92 valence electrons. The molecule has 0 aromatic carbocycles. The van der Waals surface area contributed by atoms with E-state index in [9.17, 15) is 4.79 Å². The largest absolute Gasteiger partial charge is 0.509 e. The Balaban J connectivity index is 0. The van der Waals surface area contributed by atoms with E-state index in [1.807, 2.05) is 20.8 Å². The Hall–Kier alpha value is -0.770. The molecule has 0 spiro atoms. The van der Waals surface area contributed by atoms with Gasteiger partial charge < -0.3 is 15.2 Å². The molecule has 0 aromatic heterocycles. The summed E-state index contributed by atoms with van der Waals surface area (Å²) in [5.41, 5.74) is 5.48. The van der Waals surface area contributed by atoms with Crippen molar-refractivity contribution in [3.8, 4) is 0 Å². The van der Waals surface area contributed by atoms with Gasteiger partial charge in [0.2, 0.25) is 0 Å². The maximum Gasteiger partial charge on any atom is 0.509 e. The van der Waals surface area contributed by atoms with E-state index in [-0.39, 0.29) is 27.1 Å². The minimum atomic E-state index is -0.539. The number of hydrogen-bond acceptors (Lipinski definition) is 4. The maximum atomic E-state index is 10.6. The zero-order valence-corrected chi connectivity index (χ0v) is 8.32. The van der Waals surface area contributed by atoms with E-state index >= 15 is 0 Å².